The van der Waals surface area contributed by atoms with Gasteiger partial charge < -0.3 is 34.9 Å². The summed E-state index contributed by atoms with van der Waals surface area (Å²) in [5, 5.41) is 13.7. The Balaban J connectivity index is 1.23. The molecule has 13 heteroatoms. The number of pyridine rings is 1. The maximum absolute atomic E-state index is 13.2. The highest BCUT2D eigenvalue weighted by Crippen LogP contribution is 2.30. The van der Waals surface area contributed by atoms with Crippen LogP contribution in [0, 0.1) is 13.8 Å². The fourth-order valence-corrected chi connectivity index (χ4v) is 6.08. The molecular weight excluding hydrogens is 596 g/mol. The van der Waals surface area contributed by atoms with Crippen LogP contribution >= 0.6 is 0 Å². The smallest absolute Gasteiger partial charge is 0.261 e. The SMILES string of the molecule is Cc1ccc(OC[C@H](O)CNc2cc[nH]c(=O)c2-c2nc3cc4c(cc3[nH]2)CN(CCCN(C)CCS(C)(=O)=O)C4=O)c(C)c1. The van der Waals surface area contributed by atoms with Gasteiger partial charge in [-0.15, -0.1) is 0 Å². The van der Waals surface area contributed by atoms with Gasteiger partial charge in [-0.05, 0) is 69.3 Å². The van der Waals surface area contributed by atoms with Gasteiger partial charge in [0.1, 0.15) is 39.7 Å². The second-order valence-corrected chi connectivity index (χ2v) is 14.1. The van der Waals surface area contributed by atoms with Crippen LogP contribution in [0.3, 0.4) is 0 Å². The number of aryl methyl sites for hydroxylation is 2. The molecule has 1 aliphatic rings. The predicted octanol–water partition coefficient (Wildman–Crippen LogP) is 2.71. The van der Waals surface area contributed by atoms with E-state index in [1.165, 1.54) is 12.5 Å². The lowest BCUT2D eigenvalue weighted by Gasteiger charge is -2.19. The first-order chi connectivity index (χ1) is 21.4. The lowest BCUT2D eigenvalue weighted by molar-refractivity contribution is 0.0772. The molecule has 1 aliphatic heterocycles. The van der Waals surface area contributed by atoms with Gasteiger partial charge in [-0.1, -0.05) is 17.7 Å². The van der Waals surface area contributed by atoms with Crippen molar-refractivity contribution in [1.82, 2.24) is 24.8 Å². The maximum Gasteiger partial charge on any atom is 0.261 e. The number of ether oxygens (including phenoxy) is 1. The van der Waals surface area contributed by atoms with Crippen molar-refractivity contribution in [2.24, 2.45) is 0 Å². The van der Waals surface area contributed by atoms with Crippen LogP contribution in [0.4, 0.5) is 5.69 Å². The average Bonchev–Trinajstić information content (AvgIpc) is 3.52. The van der Waals surface area contributed by atoms with Crippen molar-refractivity contribution in [3.63, 3.8) is 0 Å². The molecular formula is C32H40N6O6S. The van der Waals surface area contributed by atoms with Crippen molar-refractivity contribution in [3.05, 3.63) is 75.2 Å². The fourth-order valence-electron chi connectivity index (χ4n) is 5.44. The quantitative estimate of drug-likeness (QED) is 0.163. The Labute approximate surface area is 262 Å². The monoisotopic (exact) mass is 636 g/mol. The lowest BCUT2D eigenvalue weighted by Crippen LogP contribution is -2.30. The van der Waals surface area contributed by atoms with Crippen LogP contribution in [0.15, 0.2) is 47.4 Å². The summed E-state index contributed by atoms with van der Waals surface area (Å²) in [5.41, 5.74) is 5.29. The van der Waals surface area contributed by atoms with Crippen LogP contribution in [0.1, 0.15) is 33.5 Å². The van der Waals surface area contributed by atoms with Gasteiger partial charge in [0.25, 0.3) is 11.5 Å². The van der Waals surface area contributed by atoms with E-state index in [2.05, 4.69) is 20.3 Å². The van der Waals surface area contributed by atoms with Gasteiger partial charge in [0.2, 0.25) is 0 Å². The number of benzene rings is 2. The minimum absolute atomic E-state index is 0.0767. The summed E-state index contributed by atoms with van der Waals surface area (Å²) in [6.45, 7) is 6.35. The van der Waals surface area contributed by atoms with Gasteiger partial charge in [-0.25, -0.2) is 13.4 Å². The first kappa shape index (κ1) is 32.2. The Morgan fingerprint density at radius 2 is 1.96 bits per heavy atom. The van der Waals surface area contributed by atoms with E-state index in [0.29, 0.717) is 65.6 Å². The van der Waals surface area contributed by atoms with Gasteiger partial charge in [0, 0.05) is 44.2 Å². The summed E-state index contributed by atoms with van der Waals surface area (Å²) in [4.78, 5) is 40.4. The number of anilines is 1. The van der Waals surface area contributed by atoms with Gasteiger partial charge in [0.15, 0.2) is 0 Å². The molecule has 12 nitrogen and oxygen atoms in total. The minimum atomic E-state index is -3.02. The molecule has 0 bridgehead atoms. The fraction of sp³-hybridized carbons (Fsp3) is 0.406. The number of aromatic amines is 2. The van der Waals surface area contributed by atoms with E-state index >= 15 is 0 Å². The largest absolute Gasteiger partial charge is 0.491 e. The minimum Gasteiger partial charge on any atom is -0.491 e. The second-order valence-electron chi connectivity index (χ2n) is 11.8. The third-order valence-electron chi connectivity index (χ3n) is 7.88. The molecule has 5 rings (SSSR count). The standard InChI is InChI=1S/C32H40N6O6S/c1-20-6-7-28(21(2)14-20)44-19-23(39)17-34-25-8-9-33-31(40)29(25)30-35-26-15-22-18-38(32(41)24(22)16-27(26)36-30)11-5-10-37(3)12-13-45(4,42)43/h6-9,14-16,23,39H,5,10-13,17-19H2,1-4H3,(H,35,36)(H2,33,34,40)/t23-/m1/s1. The summed E-state index contributed by atoms with van der Waals surface area (Å²) in [5.74, 6) is 1.09. The number of H-pyrrole nitrogens is 2. The molecule has 0 fully saturated rings. The number of hydrogen-bond acceptors (Lipinski definition) is 9. The van der Waals surface area contributed by atoms with Crippen molar-refractivity contribution in [2.45, 2.75) is 32.9 Å². The number of sulfone groups is 1. The first-order valence-corrected chi connectivity index (χ1v) is 17.0. The van der Waals surface area contributed by atoms with Crippen LogP contribution < -0.4 is 15.6 Å². The van der Waals surface area contributed by atoms with Crippen LogP contribution in [-0.2, 0) is 16.4 Å². The summed E-state index contributed by atoms with van der Waals surface area (Å²) in [7, 11) is -1.14. The summed E-state index contributed by atoms with van der Waals surface area (Å²) in [6.07, 6.45) is 2.64. The third kappa shape index (κ3) is 7.91. The van der Waals surface area contributed by atoms with Crippen molar-refractivity contribution in [1.29, 1.82) is 0 Å². The number of aromatic nitrogens is 3. The zero-order valence-electron chi connectivity index (χ0n) is 26.0. The highest BCUT2D eigenvalue weighted by atomic mass is 32.2. The van der Waals surface area contributed by atoms with Gasteiger partial charge in [-0.2, -0.15) is 0 Å². The zero-order chi connectivity index (χ0) is 32.3. The van der Waals surface area contributed by atoms with Crippen LogP contribution in [-0.4, -0.2) is 102 Å². The number of fused-ring (bicyclic) bond motifs is 2. The lowest BCUT2D eigenvalue weighted by atomic mass is 10.1. The van der Waals surface area contributed by atoms with Gasteiger partial charge in [-0.3, -0.25) is 9.59 Å². The number of carbonyl (C=O) groups is 1. The van der Waals surface area contributed by atoms with Crippen LogP contribution in [0.2, 0.25) is 0 Å². The molecule has 2 aromatic heterocycles. The number of carbonyl (C=O) groups excluding carboxylic acids is 1. The Hall–Kier alpha value is -4.20. The molecule has 2 aromatic carbocycles. The molecule has 0 unspecified atom stereocenters. The number of amides is 1. The molecule has 3 heterocycles. The maximum atomic E-state index is 13.2. The van der Waals surface area contributed by atoms with Crippen molar-refractivity contribution < 1.29 is 23.1 Å². The van der Waals surface area contributed by atoms with Gasteiger partial charge >= 0.3 is 0 Å². The Morgan fingerprint density at radius 3 is 2.71 bits per heavy atom. The first-order valence-electron chi connectivity index (χ1n) is 14.9. The van der Waals surface area contributed by atoms with E-state index in [1.54, 1.807) is 17.0 Å². The molecule has 4 aromatic rings. The number of aliphatic hydroxyl groups is 1. The molecule has 1 amide bonds. The zero-order valence-corrected chi connectivity index (χ0v) is 26.8. The molecule has 0 radical (unpaired) electrons. The third-order valence-corrected chi connectivity index (χ3v) is 8.81. The molecule has 240 valence electrons. The Bertz CT molecular complexity index is 1870. The van der Waals surface area contributed by atoms with Crippen molar-refractivity contribution >= 4 is 32.5 Å². The number of nitrogens with one attached hydrogen (secondary N) is 3. The number of hydrogen-bond donors (Lipinski definition) is 4. The molecule has 0 aliphatic carbocycles. The van der Waals surface area contributed by atoms with Crippen LogP contribution in [0.25, 0.3) is 22.4 Å². The molecule has 45 heavy (non-hydrogen) atoms. The van der Waals surface area contributed by atoms with E-state index < -0.39 is 15.9 Å². The Morgan fingerprint density at radius 1 is 1.16 bits per heavy atom. The van der Waals surface area contributed by atoms with E-state index in [9.17, 15) is 23.1 Å². The number of nitrogens with zero attached hydrogens (tertiary/aromatic N) is 3. The summed E-state index contributed by atoms with van der Waals surface area (Å²) < 4.78 is 28.6. The Kier molecular flexibility index (Phi) is 9.61. The highest BCUT2D eigenvalue weighted by molar-refractivity contribution is 7.90. The number of imidazole rings is 1. The van der Waals surface area contributed by atoms with E-state index in [4.69, 9.17) is 4.74 Å². The summed E-state index contributed by atoms with van der Waals surface area (Å²) >= 11 is 0. The van der Waals surface area contributed by atoms with E-state index in [1.807, 2.05) is 50.1 Å². The summed E-state index contributed by atoms with van der Waals surface area (Å²) in [6, 6.07) is 11.2. The van der Waals surface area contributed by atoms with Crippen molar-refractivity contribution in [2.75, 3.05) is 57.2 Å². The molecule has 1 atom stereocenters. The van der Waals surface area contributed by atoms with Gasteiger partial charge in [0.05, 0.1) is 22.5 Å². The second kappa shape index (κ2) is 13.4. The normalized spacial score (nSPS) is 13.9. The molecule has 0 spiro atoms. The number of aliphatic hydroxyl groups excluding tert-OH is 1. The topological polar surface area (TPSA) is 161 Å². The van der Waals surface area contributed by atoms with E-state index in [0.717, 1.165) is 23.1 Å². The van der Waals surface area contributed by atoms with E-state index in [-0.39, 0.29) is 30.4 Å². The van der Waals surface area contributed by atoms with Crippen molar-refractivity contribution in [3.8, 4) is 17.1 Å². The highest BCUT2D eigenvalue weighted by Gasteiger charge is 2.28. The predicted molar refractivity (Wildman–Crippen MR) is 175 cm³/mol. The average molecular weight is 637 g/mol. The molecule has 4 N–H and O–H groups in total. The van der Waals surface area contributed by atoms with Crippen LogP contribution in [0.5, 0.6) is 5.75 Å². The molecule has 0 saturated carbocycles. The molecule has 0 saturated heterocycles. The number of rotatable bonds is 14.